The van der Waals surface area contributed by atoms with Crippen molar-refractivity contribution >= 4 is 17.3 Å². The number of benzene rings is 1. The van der Waals surface area contributed by atoms with Gasteiger partial charge in [-0.2, -0.15) is 0 Å². The summed E-state index contributed by atoms with van der Waals surface area (Å²) < 4.78 is 12.3. The summed E-state index contributed by atoms with van der Waals surface area (Å²) in [5.41, 5.74) is 0.253. The zero-order chi connectivity index (χ0) is 22.7. The Hall–Kier alpha value is -1.85. The molecule has 0 radical (unpaired) electrons. The van der Waals surface area contributed by atoms with E-state index in [1.165, 1.54) is 5.56 Å². The lowest BCUT2D eigenvalue weighted by molar-refractivity contribution is -0.264. The van der Waals surface area contributed by atoms with Gasteiger partial charge in [0, 0.05) is 22.8 Å². The van der Waals surface area contributed by atoms with E-state index in [0.29, 0.717) is 18.6 Å². The second kappa shape index (κ2) is 7.35. The van der Waals surface area contributed by atoms with Gasteiger partial charge in [-0.3, -0.25) is 4.79 Å². The van der Waals surface area contributed by atoms with Crippen molar-refractivity contribution in [1.29, 1.82) is 0 Å². The molecule has 4 rings (SSSR count). The van der Waals surface area contributed by atoms with Gasteiger partial charge in [-0.15, -0.1) is 11.3 Å². The van der Waals surface area contributed by atoms with Crippen LogP contribution in [0.25, 0.3) is 0 Å². The van der Waals surface area contributed by atoms with E-state index in [2.05, 4.69) is 39.0 Å². The van der Waals surface area contributed by atoms with E-state index in [1.807, 2.05) is 38.3 Å². The van der Waals surface area contributed by atoms with Gasteiger partial charge >= 0.3 is 5.97 Å². The molecular weight excluding hydrogens is 408 g/mol. The standard InChI is InChI=1S/C26H34O4S/c1-23(2,3)17-11-12-19-18(16-17)21(20-10-9-15-31-20)25(22(27)30-24(4,5)6)13-7-8-14-26(25,28)29-19/h9-12,15-16,21,28H,7-8,13-14H2,1-6H3/t21-,25+,26+/m1/s1. The van der Waals surface area contributed by atoms with Crippen LogP contribution in [-0.2, 0) is 14.9 Å². The van der Waals surface area contributed by atoms with Crippen molar-refractivity contribution in [3.63, 3.8) is 0 Å². The first kappa shape index (κ1) is 22.3. The summed E-state index contributed by atoms with van der Waals surface area (Å²) in [6.45, 7) is 12.2. The Labute approximate surface area is 189 Å². The van der Waals surface area contributed by atoms with Crippen molar-refractivity contribution in [3.05, 3.63) is 51.7 Å². The molecular formula is C26H34O4S. The van der Waals surface area contributed by atoms with Crippen LogP contribution >= 0.6 is 11.3 Å². The molecule has 5 heteroatoms. The molecule has 0 amide bonds. The normalized spacial score (nSPS) is 28.3. The second-order valence-electron chi connectivity index (χ2n) is 11.0. The Morgan fingerprint density at radius 1 is 1.13 bits per heavy atom. The average Bonchev–Trinajstić information content (AvgIpc) is 3.16. The van der Waals surface area contributed by atoms with E-state index in [0.717, 1.165) is 23.3 Å². The number of carbonyl (C=O) groups is 1. The molecule has 0 unspecified atom stereocenters. The first-order chi connectivity index (χ1) is 14.4. The van der Waals surface area contributed by atoms with Crippen LogP contribution in [0.5, 0.6) is 5.75 Å². The summed E-state index contributed by atoms with van der Waals surface area (Å²) in [4.78, 5) is 15.0. The summed E-state index contributed by atoms with van der Waals surface area (Å²) in [7, 11) is 0. The summed E-state index contributed by atoms with van der Waals surface area (Å²) >= 11 is 1.62. The summed E-state index contributed by atoms with van der Waals surface area (Å²) in [6, 6.07) is 10.3. The number of hydrogen-bond donors (Lipinski definition) is 1. The van der Waals surface area contributed by atoms with Gasteiger partial charge in [-0.25, -0.2) is 0 Å². The number of ether oxygens (including phenoxy) is 2. The number of hydrogen-bond acceptors (Lipinski definition) is 5. The highest BCUT2D eigenvalue weighted by molar-refractivity contribution is 7.10. The molecule has 31 heavy (non-hydrogen) atoms. The van der Waals surface area contributed by atoms with Crippen LogP contribution in [0.3, 0.4) is 0 Å². The van der Waals surface area contributed by atoms with Crippen LogP contribution in [0.4, 0.5) is 0 Å². The molecule has 168 valence electrons. The van der Waals surface area contributed by atoms with Crippen molar-refractivity contribution in [2.75, 3.05) is 0 Å². The molecule has 2 aliphatic rings. The highest BCUT2D eigenvalue weighted by Gasteiger charge is 2.68. The van der Waals surface area contributed by atoms with Gasteiger partial charge in [0.25, 0.3) is 0 Å². The minimum atomic E-state index is -1.60. The molecule has 1 aliphatic heterocycles. The molecule has 0 spiro atoms. The van der Waals surface area contributed by atoms with Gasteiger partial charge in [0.15, 0.2) is 0 Å². The maximum Gasteiger partial charge on any atom is 0.320 e. The van der Waals surface area contributed by atoms with E-state index >= 15 is 0 Å². The van der Waals surface area contributed by atoms with E-state index in [-0.39, 0.29) is 17.3 Å². The van der Waals surface area contributed by atoms with Crippen molar-refractivity contribution < 1.29 is 19.4 Å². The fraction of sp³-hybridized carbons (Fsp3) is 0.577. The number of aliphatic hydroxyl groups is 1. The first-order valence-corrected chi connectivity index (χ1v) is 12.1. The summed E-state index contributed by atoms with van der Waals surface area (Å²) in [6.07, 6.45) is 2.60. The molecule has 0 saturated heterocycles. The monoisotopic (exact) mass is 442 g/mol. The highest BCUT2D eigenvalue weighted by atomic mass is 32.1. The third-order valence-electron chi connectivity index (χ3n) is 6.58. The predicted molar refractivity (Wildman–Crippen MR) is 124 cm³/mol. The smallest absolute Gasteiger partial charge is 0.320 e. The number of carbonyl (C=O) groups excluding carboxylic acids is 1. The maximum absolute atomic E-state index is 13.9. The summed E-state index contributed by atoms with van der Waals surface area (Å²) in [5, 5.41) is 14.0. The van der Waals surface area contributed by atoms with E-state index in [4.69, 9.17) is 9.47 Å². The molecule has 3 atom stereocenters. The largest absolute Gasteiger partial charge is 0.461 e. The van der Waals surface area contributed by atoms with Gasteiger partial charge in [-0.05, 0) is 62.1 Å². The number of rotatable bonds is 2. The Balaban J connectivity index is 1.99. The van der Waals surface area contributed by atoms with Crippen LogP contribution in [-0.4, -0.2) is 22.5 Å². The van der Waals surface area contributed by atoms with Crippen molar-refractivity contribution in [2.24, 2.45) is 5.41 Å². The molecule has 0 bridgehead atoms. The molecule has 2 aromatic rings. The highest BCUT2D eigenvalue weighted by Crippen LogP contribution is 2.62. The van der Waals surface area contributed by atoms with Crippen LogP contribution < -0.4 is 4.74 Å². The Bertz CT molecular complexity index is 966. The van der Waals surface area contributed by atoms with Crippen LogP contribution in [0.2, 0.25) is 0 Å². The average molecular weight is 443 g/mol. The van der Waals surface area contributed by atoms with Gasteiger partial charge in [0.05, 0.1) is 0 Å². The molecule has 4 nitrogen and oxygen atoms in total. The molecule has 1 aliphatic carbocycles. The fourth-order valence-electron chi connectivity index (χ4n) is 5.08. The quantitative estimate of drug-likeness (QED) is 0.566. The van der Waals surface area contributed by atoms with Crippen LogP contribution in [0, 0.1) is 5.41 Å². The van der Waals surface area contributed by atoms with Gasteiger partial charge < -0.3 is 14.6 Å². The van der Waals surface area contributed by atoms with Gasteiger partial charge in [-0.1, -0.05) is 45.4 Å². The van der Waals surface area contributed by atoms with Crippen LogP contribution in [0.1, 0.15) is 89.1 Å². The van der Waals surface area contributed by atoms with Crippen molar-refractivity contribution in [2.45, 2.75) is 89.9 Å². The topological polar surface area (TPSA) is 55.8 Å². The number of fused-ring (bicyclic) bond motifs is 2. The molecule has 1 N–H and O–H groups in total. The maximum atomic E-state index is 13.9. The van der Waals surface area contributed by atoms with Gasteiger partial charge in [0.1, 0.15) is 16.8 Å². The lowest BCUT2D eigenvalue weighted by atomic mass is 9.57. The molecule has 1 aromatic carbocycles. The SMILES string of the molecule is CC(C)(C)OC(=O)[C@@]12CCCC[C@]1(O)Oc1ccc(C(C)(C)C)cc1[C@@H]2c1cccs1. The lowest BCUT2D eigenvalue weighted by Gasteiger charge is -2.55. The zero-order valence-corrected chi connectivity index (χ0v) is 20.3. The predicted octanol–water partition coefficient (Wildman–Crippen LogP) is 6.16. The van der Waals surface area contributed by atoms with E-state index in [1.54, 1.807) is 11.3 Å². The van der Waals surface area contributed by atoms with Gasteiger partial charge in [0.2, 0.25) is 5.79 Å². The van der Waals surface area contributed by atoms with Crippen LogP contribution in [0.15, 0.2) is 35.7 Å². The second-order valence-corrected chi connectivity index (χ2v) is 12.0. The minimum Gasteiger partial charge on any atom is -0.461 e. The Morgan fingerprint density at radius 3 is 2.45 bits per heavy atom. The van der Waals surface area contributed by atoms with Crippen molar-refractivity contribution in [3.8, 4) is 5.75 Å². The van der Waals surface area contributed by atoms with E-state index < -0.39 is 16.8 Å². The molecule has 2 heterocycles. The van der Waals surface area contributed by atoms with E-state index in [9.17, 15) is 9.90 Å². The Kier molecular flexibility index (Phi) is 5.30. The molecule has 1 aromatic heterocycles. The minimum absolute atomic E-state index is 0.0472. The number of thiophene rings is 1. The Morgan fingerprint density at radius 2 is 1.84 bits per heavy atom. The fourth-order valence-corrected chi connectivity index (χ4v) is 6.02. The zero-order valence-electron chi connectivity index (χ0n) is 19.5. The third kappa shape index (κ3) is 3.70. The third-order valence-corrected chi connectivity index (χ3v) is 7.52. The molecule has 1 fully saturated rings. The lowest BCUT2D eigenvalue weighted by Crippen LogP contribution is -2.64. The number of esters is 1. The summed E-state index contributed by atoms with van der Waals surface area (Å²) in [5.74, 6) is -1.63. The van der Waals surface area contributed by atoms with Crippen molar-refractivity contribution in [1.82, 2.24) is 0 Å². The first-order valence-electron chi connectivity index (χ1n) is 11.2. The molecule has 1 saturated carbocycles.